The summed E-state index contributed by atoms with van der Waals surface area (Å²) in [7, 11) is 0. The van der Waals surface area contributed by atoms with Crippen LogP contribution in [-0.4, -0.2) is 6.54 Å². The smallest absolute Gasteiger partial charge is 0.169 e. The molecule has 1 atom stereocenters. The Hall–Kier alpha value is -0.290. The van der Waals surface area contributed by atoms with Gasteiger partial charge in [-0.2, -0.15) is 0 Å². The molecule has 2 rings (SSSR count). The first-order valence-corrected chi connectivity index (χ1v) is 8.01. The summed E-state index contributed by atoms with van der Waals surface area (Å²) in [5, 5.41) is 4.20. The number of hydrogen-bond donors (Lipinski definition) is 1. The average molecular weight is 408 g/mol. The summed E-state index contributed by atoms with van der Waals surface area (Å²) in [6.07, 6.45) is 1.05. The lowest BCUT2D eigenvalue weighted by atomic mass is 10.0. The molecular formula is C14H14Br2ClNO. The predicted octanol–water partition coefficient (Wildman–Crippen LogP) is 5.55. The van der Waals surface area contributed by atoms with Crippen LogP contribution in [0.25, 0.3) is 0 Å². The normalized spacial score (nSPS) is 12.6. The minimum atomic E-state index is -0.0145. The van der Waals surface area contributed by atoms with Crippen molar-refractivity contribution in [1.82, 2.24) is 5.32 Å². The summed E-state index contributed by atoms with van der Waals surface area (Å²) in [5.74, 6) is 0.864. The maximum Gasteiger partial charge on any atom is 0.169 e. The van der Waals surface area contributed by atoms with Crippen molar-refractivity contribution in [2.24, 2.45) is 0 Å². The number of hydrogen-bond acceptors (Lipinski definition) is 2. The maximum atomic E-state index is 6.10. The van der Waals surface area contributed by atoms with Gasteiger partial charge in [0.25, 0.3) is 0 Å². The van der Waals surface area contributed by atoms with Gasteiger partial charge >= 0.3 is 0 Å². The quantitative estimate of drug-likeness (QED) is 0.703. The molecule has 1 aromatic heterocycles. The Morgan fingerprint density at radius 1 is 1.26 bits per heavy atom. The van der Waals surface area contributed by atoms with Crippen molar-refractivity contribution < 1.29 is 4.42 Å². The van der Waals surface area contributed by atoms with Crippen LogP contribution in [0.5, 0.6) is 0 Å². The molecule has 0 aliphatic heterocycles. The zero-order valence-electron chi connectivity index (χ0n) is 10.4. The maximum absolute atomic E-state index is 6.10. The van der Waals surface area contributed by atoms with Gasteiger partial charge in [-0.05, 0) is 64.8 Å². The topological polar surface area (TPSA) is 25.2 Å². The van der Waals surface area contributed by atoms with E-state index in [0.717, 1.165) is 33.4 Å². The minimum Gasteiger partial charge on any atom is -0.452 e. The molecule has 19 heavy (non-hydrogen) atoms. The van der Waals surface area contributed by atoms with Crippen molar-refractivity contribution in [2.75, 3.05) is 6.54 Å². The lowest BCUT2D eigenvalue weighted by Crippen LogP contribution is -2.23. The molecule has 1 heterocycles. The van der Waals surface area contributed by atoms with Crippen molar-refractivity contribution in [1.29, 1.82) is 0 Å². The van der Waals surface area contributed by atoms with Gasteiger partial charge in [0.05, 0.1) is 6.04 Å². The van der Waals surface area contributed by atoms with Crippen LogP contribution in [0.15, 0.2) is 43.9 Å². The summed E-state index contributed by atoms with van der Waals surface area (Å²) in [5.41, 5.74) is 1.07. The molecular weight excluding hydrogens is 393 g/mol. The fourth-order valence-electron chi connectivity index (χ4n) is 1.87. The van der Waals surface area contributed by atoms with Crippen LogP contribution in [-0.2, 0) is 0 Å². The first kappa shape index (κ1) is 15.1. The number of nitrogens with one attached hydrogen (secondary N) is 1. The van der Waals surface area contributed by atoms with Crippen LogP contribution in [0.4, 0.5) is 0 Å². The zero-order valence-corrected chi connectivity index (χ0v) is 14.3. The van der Waals surface area contributed by atoms with E-state index in [9.17, 15) is 0 Å². The van der Waals surface area contributed by atoms with Gasteiger partial charge in [0.15, 0.2) is 4.67 Å². The van der Waals surface area contributed by atoms with Gasteiger partial charge in [0.2, 0.25) is 0 Å². The summed E-state index contributed by atoms with van der Waals surface area (Å²) in [6.45, 7) is 3.04. The lowest BCUT2D eigenvalue weighted by molar-refractivity contribution is 0.432. The van der Waals surface area contributed by atoms with E-state index in [1.54, 1.807) is 0 Å². The summed E-state index contributed by atoms with van der Waals surface area (Å²) >= 11 is 13.0. The Morgan fingerprint density at radius 2 is 2.05 bits per heavy atom. The molecule has 5 heteroatoms. The third-order valence-corrected chi connectivity index (χ3v) is 4.13. The van der Waals surface area contributed by atoms with E-state index in [2.05, 4.69) is 44.1 Å². The molecule has 102 valence electrons. The molecule has 0 bridgehead atoms. The molecule has 0 radical (unpaired) electrons. The number of furan rings is 1. The second kappa shape index (κ2) is 6.93. The van der Waals surface area contributed by atoms with Gasteiger partial charge in [-0.3, -0.25) is 0 Å². The Balaban J connectivity index is 2.39. The van der Waals surface area contributed by atoms with Crippen LogP contribution in [0.1, 0.15) is 30.7 Å². The Morgan fingerprint density at radius 3 is 2.68 bits per heavy atom. The molecule has 0 aliphatic carbocycles. The third kappa shape index (κ3) is 3.85. The fourth-order valence-corrected chi connectivity index (χ4v) is 2.85. The van der Waals surface area contributed by atoms with Crippen LogP contribution in [0, 0.1) is 0 Å². The molecule has 2 nitrogen and oxygen atoms in total. The van der Waals surface area contributed by atoms with Gasteiger partial charge in [0, 0.05) is 9.50 Å². The molecule has 2 aromatic rings. The Labute approximate surface area is 134 Å². The average Bonchev–Trinajstić information content (AvgIpc) is 2.80. The largest absolute Gasteiger partial charge is 0.452 e. The molecule has 0 aliphatic rings. The van der Waals surface area contributed by atoms with Crippen molar-refractivity contribution in [2.45, 2.75) is 19.4 Å². The summed E-state index contributed by atoms with van der Waals surface area (Å²) in [4.78, 5) is 0. The minimum absolute atomic E-state index is 0.0145. The fraction of sp³-hybridized carbons (Fsp3) is 0.286. The predicted molar refractivity (Wildman–Crippen MR) is 85.7 cm³/mol. The van der Waals surface area contributed by atoms with Crippen molar-refractivity contribution in [3.63, 3.8) is 0 Å². The molecule has 0 fully saturated rings. The first-order valence-electron chi connectivity index (χ1n) is 6.05. The second-order valence-electron chi connectivity index (χ2n) is 4.19. The highest BCUT2D eigenvalue weighted by Gasteiger charge is 2.19. The molecule has 1 unspecified atom stereocenters. The van der Waals surface area contributed by atoms with E-state index in [0.29, 0.717) is 5.02 Å². The number of halogens is 3. The van der Waals surface area contributed by atoms with Gasteiger partial charge in [0.1, 0.15) is 5.76 Å². The molecule has 0 amide bonds. The van der Waals surface area contributed by atoms with Crippen molar-refractivity contribution in [3.8, 4) is 0 Å². The second-order valence-corrected chi connectivity index (χ2v) is 6.27. The Kier molecular flexibility index (Phi) is 5.51. The van der Waals surface area contributed by atoms with Crippen LogP contribution >= 0.6 is 43.5 Å². The highest BCUT2D eigenvalue weighted by atomic mass is 79.9. The van der Waals surface area contributed by atoms with Crippen LogP contribution in [0.3, 0.4) is 0 Å². The molecule has 0 saturated heterocycles. The standard InChI is InChI=1S/C14H14Br2ClNO/c1-2-7-18-14(12-5-6-13(16)19-12)10-8-9(17)3-4-11(10)15/h3-6,8,14,18H,2,7H2,1H3. The van der Waals surface area contributed by atoms with Gasteiger partial charge in [-0.15, -0.1) is 0 Å². The van der Waals surface area contributed by atoms with Crippen LogP contribution in [0.2, 0.25) is 5.02 Å². The third-order valence-electron chi connectivity index (χ3n) is 2.75. The highest BCUT2D eigenvalue weighted by Crippen LogP contribution is 2.32. The number of rotatable bonds is 5. The van der Waals surface area contributed by atoms with E-state index >= 15 is 0 Å². The van der Waals surface area contributed by atoms with Gasteiger partial charge in [-0.25, -0.2) is 0 Å². The molecule has 1 aromatic carbocycles. The Bertz CT molecular complexity index is 556. The molecule has 0 saturated carbocycles. The van der Waals surface area contributed by atoms with E-state index in [-0.39, 0.29) is 6.04 Å². The summed E-state index contributed by atoms with van der Waals surface area (Å²) < 4.78 is 7.42. The lowest BCUT2D eigenvalue weighted by Gasteiger charge is -2.18. The van der Waals surface area contributed by atoms with Crippen LogP contribution < -0.4 is 5.32 Å². The van der Waals surface area contributed by atoms with E-state index in [1.807, 2.05) is 30.3 Å². The zero-order chi connectivity index (χ0) is 13.8. The first-order chi connectivity index (χ1) is 9.11. The SMILES string of the molecule is CCCNC(c1ccc(Br)o1)c1cc(Cl)ccc1Br. The summed E-state index contributed by atoms with van der Waals surface area (Å²) in [6, 6.07) is 9.62. The number of benzene rings is 1. The molecule has 1 N–H and O–H groups in total. The van der Waals surface area contributed by atoms with Gasteiger partial charge in [-0.1, -0.05) is 34.5 Å². The van der Waals surface area contributed by atoms with E-state index in [1.165, 1.54) is 0 Å². The van der Waals surface area contributed by atoms with Gasteiger partial charge < -0.3 is 9.73 Å². The van der Waals surface area contributed by atoms with Crippen molar-refractivity contribution >= 4 is 43.5 Å². The van der Waals surface area contributed by atoms with Crippen molar-refractivity contribution in [3.05, 3.63) is 55.8 Å². The molecule has 0 spiro atoms. The van der Waals surface area contributed by atoms with E-state index in [4.69, 9.17) is 16.0 Å². The monoisotopic (exact) mass is 405 g/mol. The highest BCUT2D eigenvalue weighted by molar-refractivity contribution is 9.10. The van der Waals surface area contributed by atoms with E-state index < -0.39 is 0 Å².